The summed E-state index contributed by atoms with van der Waals surface area (Å²) in [5, 5.41) is 14.2. The van der Waals surface area contributed by atoms with Gasteiger partial charge in [-0.25, -0.2) is 17.6 Å². The molecule has 0 unspecified atom stereocenters. The predicted octanol–water partition coefficient (Wildman–Crippen LogP) is 4.07. The Morgan fingerprint density at radius 2 is 1.93 bits per heavy atom. The summed E-state index contributed by atoms with van der Waals surface area (Å²) in [5.74, 6) is -0.853. The van der Waals surface area contributed by atoms with Crippen LogP contribution in [0, 0.1) is 11.7 Å². The van der Waals surface area contributed by atoms with Crippen LogP contribution in [-0.2, 0) is 10.0 Å². The molecule has 2 aromatic carbocycles. The second-order valence-electron chi connectivity index (χ2n) is 9.69. The Morgan fingerprint density at radius 3 is 2.58 bits per heavy atom. The highest BCUT2D eigenvalue weighted by atomic mass is 32.2. The average Bonchev–Trinajstić information content (AvgIpc) is 3.48. The molecule has 13 heteroatoms. The number of nitrogens with one attached hydrogen (secondary N) is 2. The number of halogens is 1. The van der Waals surface area contributed by atoms with Gasteiger partial charge in [-0.2, -0.15) is 0 Å². The summed E-state index contributed by atoms with van der Waals surface area (Å²) in [4.78, 5) is 29.4. The molecule has 3 aromatic rings. The first kappa shape index (κ1) is 29.3. The van der Waals surface area contributed by atoms with E-state index in [9.17, 15) is 27.5 Å². The van der Waals surface area contributed by atoms with Crippen molar-refractivity contribution in [1.29, 1.82) is 0 Å². The minimum atomic E-state index is -3.85. The number of anilines is 2. The number of hydrogen-bond donors (Lipinski definition) is 3. The Balaban J connectivity index is 1.60. The van der Waals surface area contributed by atoms with Crippen molar-refractivity contribution < 1.29 is 32.2 Å². The predicted molar refractivity (Wildman–Crippen MR) is 151 cm³/mol. The highest BCUT2D eigenvalue weighted by Crippen LogP contribution is 2.32. The van der Waals surface area contributed by atoms with Crippen LogP contribution >= 0.6 is 11.3 Å². The number of amides is 3. The van der Waals surface area contributed by atoms with Gasteiger partial charge in [-0.1, -0.05) is 13.0 Å². The molecule has 4 rings (SSSR count). The van der Waals surface area contributed by atoms with E-state index in [1.807, 2.05) is 6.92 Å². The van der Waals surface area contributed by atoms with E-state index in [-0.39, 0.29) is 46.8 Å². The van der Waals surface area contributed by atoms with Crippen LogP contribution in [0.4, 0.5) is 20.6 Å². The first-order chi connectivity index (χ1) is 19.0. The van der Waals surface area contributed by atoms with Gasteiger partial charge in [-0.3, -0.25) is 9.52 Å². The van der Waals surface area contributed by atoms with E-state index in [4.69, 9.17) is 4.74 Å². The Hall–Kier alpha value is -3.68. The summed E-state index contributed by atoms with van der Waals surface area (Å²) in [7, 11) is -2.25. The Morgan fingerprint density at radius 1 is 1.23 bits per heavy atom. The van der Waals surface area contributed by atoms with Gasteiger partial charge >= 0.3 is 6.03 Å². The van der Waals surface area contributed by atoms with Gasteiger partial charge in [0.2, 0.25) is 0 Å². The largest absolute Gasteiger partial charge is 0.487 e. The van der Waals surface area contributed by atoms with Crippen molar-refractivity contribution in [2.45, 2.75) is 30.2 Å². The first-order valence-electron chi connectivity index (χ1n) is 12.5. The highest BCUT2D eigenvalue weighted by molar-refractivity contribution is 7.94. The minimum absolute atomic E-state index is 0.127. The van der Waals surface area contributed by atoms with Crippen molar-refractivity contribution in [3.8, 4) is 5.75 Å². The number of hydrogen-bond acceptors (Lipinski definition) is 7. The van der Waals surface area contributed by atoms with E-state index in [1.54, 1.807) is 25.4 Å². The number of likely N-dealkylation sites (N-methyl/N-ethyl adjacent to an activating group) is 1. The Bertz CT molecular complexity index is 1450. The van der Waals surface area contributed by atoms with Crippen LogP contribution in [0.2, 0.25) is 0 Å². The summed E-state index contributed by atoms with van der Waals surface area (Å²) in [6.45, 7) is 3.70. The SMILES string of the molecule is C[C@@H]1CN([C@@H](C)CO)C(=O)c2cc(NS(=O)(=O)c3cccs3)ccc2O[C@@H]1CN(C)C(=O)Nc1ccc(F)cc1. The van der Waals surface area contributed by atoms with Crippen molar-refractivity contribution >= 4 is 44.7 Å². The first-order valence-corrected chi connectivity index (χ1v) is 14.9. The molecule has 1 aliphatic heterocycles. The number of sulfonamides is 1. The van der Waals surface area contributed by atoms with Crippen LogP contribution in [0.1, 0.15) is 24.2 Å². The lowest BCUT2D eigenvalue weighted by molar-refractivity contribution is 0.0371. The Labute approximate surface area is 236 Å². The molecule has 10 nitrogen and oxygen atoms in total. The number of carbonyl (C=O) groups excluding carboxylic acids is 2. The number of rotatable bonds is 8. The van der Waals surface area contributed by atoms with E-state index in [1.165, 1.54) is 58.3 Å². The lowest BCUT2D eigenvalue weighted by Crippen LogP contribution is -2.50. The number of urea groups is 1. The van der Waals surface area contributed by atoms with Gasteiger partial charge in [-0.15, -0.1) is 11.3 Å². The van der Waals surface area contributed by atoms with Crippen LogP contribution in [0.5, 0.6) is 5.75 Å². The molecular weight excluding hydrogens is 559 g/mol. The van der Waals surface area contributed by atoms with Gasteiger partial charge in [-0.05, 0) is 60.8 Å². The topological polar surface area (TPSA) is 128 Å². The summed E-state index contributed by atoms with van der Waals surface area (Å²) >= 11 is 1.07. The fourth-order valence-electron chi connectivity index (χ4n) is 4.23. The van der Waals surface area contributed by atoms with Crippen molar-refractivity contribution in [1.82, 2.24) is 9.80 Å². The minimum Gasteiger partial charge on any atom is -0.487 e. The average molecular weight is 591 g/mol. The molecule has 0 fully saturated rings. The molecule has 0 spiro atoms. The lowest BCUT2D eigenvalue weighted by atomic mass is 9.99. The molecule has 1 aromatic heterocycles. The van der Waals surface area contributed by atoms with E-state index < -0.39 is 39.9 Å². The maximum Gasteiger partial charge on any atom is 0.321 e. The number of aliphatic hydroxyl groups is 1. The normalized spacial score (nSPS) is 18.1. The molecule has 3 atom stereocenters. The van der Waals surface area contributed by atoms with Crippen LogP contribution in [-0.4, -0.2) is 74.2 Å². The van der Waals surface area contributed by atoms with Crippen LogP contribution in [0.25, 0.3) is 0 Å². The van der Waals surface area contributed by atoms with Crippen molar-refractivity contribution in [2.24, 2.45) is 5.92 Å². The molecule has 0 radical (unpaired) electrons. The molecular formula is C27H31FN4O6S2. The number of ether oxygens (including phenoxy) is 1. The molecule has 2 heterocycles. The van der Waals surface area contributed by atoms with Crippen molar-refractivity contribution in [3.63, 3.8) is 0 Å². The zero-order valence-corrected chi connectivity index (χ0v) is 23.8. The van der Waals surface area contributed by atoms with Crippen LogP contribution < -0.4 is 14.8 Å². The fourth-order valence-corrected chi connectivity index (χ4v) is 6.27. The standard InChI is InChI=1S/C27H31FN4O6S2/c1-17-14-32(18(2)16-33)26(34)22-13-21(30-40(36,37)25-5-4-12-39-25)10-11-23(22)38-24(17)15-31(3)27(35)29-20-8-6-19(28)7-9-20/h4-13,17-18,24,30,33H,14-16H2,1-3H3,(H,29,35)/t17-,18+,24-/m1/s1. The molecule has 0 saturated carbocycles. The van der Waals surface area contributed by atoms with E-state index in [2.05, 4.69) is 10.0 Å². The molecule has 0 aliphatic carbocycles. The van der Waals surface area contributed by atoms with E-state index in [0.29, 0.717) is 5.69 Å². The van der Waals surface area contributed by atoms with Gasteiger partial charge in [0.25, 0.3) is 15.9 Å². The summed E-state index contributed by atoms with van der Waals surface area (Å²) in [5.41, 5.74) is 0.741. The van der Waals surface area contributed by atoms with E-state index >= 15 is 0 Å². The highest BCUT2D eigenvalue weighted by Gasteiger charge is 2.34. The zero-order chi connectivity index (χ0) is 29.0. The molecule has 1 aliphatic rings. The number of carbonyl (C=O) groups is 2. The van der Waals surface area contributed by atoms with Crippen molar-refractivity contribution in [3.05, 3.63) is 71.4 Å². The molecule has 0 saturated heterocycles. The third-order valence-electron chi connectivity index (χ3n) is 6.57. The Kier molecular flexibility index (Phi) is 8.96. The van der Waals surface area contributed by atoms with Gasteiger partial charge < -0.3 is 25.0 Å². The third-order valence-corrected chi connectivity index (χ3v) is 9.35. The van der Waals surface area contributed by atoms with Crippen LogP contribution in [0.3, 0.4) is 0 Å². The maximum atomic E-state index is 13.6. The van der Waals surface area contributed by atoms with Gasteiger partial charge in [0.1, 0.15) is 21.9 Å². The zero-order valence-electron chi connectivity index (χ0n) is 22.2. The second-order valence-corrected chi connectivity index (χ2v) is 12.5. The monoisotopic (exact) mass is 590 g/mol. The fraction of sp³-hybridized carbons (Fsp3) is 0.333. The van der Waals surface area contributed by atoms with Gasteiger partial charge in [0.05, 0.1) is 24.8 Å². The number of fused-ring (bicyclic) bond motifs is 1. The van der Waals surface area contributed by atoms with Gasteiger partial charge in [0.15, 0.2) is 0 Å². The summed E-state index contributed by atoms with van der Waals surface area (Å²) < 4.78 is 47.6. The second kappa shape index (κ2) is 12.2. The molecule has 40 heavy (non-hydrogen) atoms. The van der Waals surface area contributed by atoms with Crippen molar-refractivity contribution in [2.75, 3.05) is 36.8 Å². The van der Waals surface area contributed by atoms with Crippen LogP contribution in [0.15, 0.2) is 64.2 Å². The lowest BCUT2D eigenvalue weighted by Gasteiger charge is -2.38. The third kappa shape index (κ3) is 6.72. The molecule has 3 N–H and O–H groups in total. The van der Waals surface area contributed by atoms with Gasteiger partial charge in [0, 0.05) is 30.9 Å². The summed E-state index contributed by atoms with van der Waals surface area (Å²) in [6.07, 6.45) is -0.558. The molecule has 214 valence electrons. The van der Waals surface area contributed by atoms with E-state index in [0.717, 1.165) is 11.3 Å². The number of nitrogens with zero attached hydrogens (tertiary/aromatic N) is 2. The molecule has 3 amide bonds. The molecule has 0 bridgehead atoms. The number of benzene rings is 2. The smallest absolute Gasteiger partial charge is 0.321 e. The number of thiophene rings is 1. The summed E-state index contributed by atoms with van der Waals surface area (Å²) in [6, 6.07) is 12.0. The quantitative estimate of drug-likeness (QED) is 0.363. The number of aliphatic hydroxyl groups excluding tert-OH is 1. The maximum absolute atomic E-state index is 13.6.